The highest BCUT2D eigenvalue weighted by Gasteiger charge is 1.75. The molecule has 0 amide bonds. The van der Waals surface area contributed by atoms with Gasteiger partial charge in [0, 0.05) is 0 Å². The molecule has 0 aliphatic rings. The molecular formula is C7H12O. The summed E-state index contributed by atoms with van der Waals surface area (Å²) in [4.78, 5) is 0. The Labute approximate surface area is 50.7 Å². The van der Waals surface area contributed by atoms with Crippen LogP contribution in [0.1, 0.15) is 13.8 Å². The summed E-state index contributed by atoms with van der Waals surface area (Å²) < 4.78 is 4.86. The molecule has 0 aromatic heterocycles. The monoisotopic (exact) mass is 112 g/mol. The van der Waals surface area contributed by atoms with E-state index in [-0.39, 0.29) is 0 Å². The highest BCUT2D eigenvalue weighted by Crippen LogP contribution is 1.90. The molecule has 0 aromatic carbocycles. The first kappa shape index (κ1) is 7.28. The van der Waals surface area contributed by atoms with E-state index >= 15 is 0 Å². The minimum Gasteiger partial charge on any atom is -0.501 e. The van der Waals surface area contributed by atoms with E-state index in [0.717, 1.165) is 5.76 Å². The van der Waals surface area contributed by atoms with Gasteiger partial charge >= 0.3 is 0 Å². The third-order valence-corrected chi connectivity index (χ3v) is 0.845. The molecular weight excluding hydrogens is 100 g/mol. The third kappa shape index (κ3) is 3.47. The largest absolute Gasteiger partial charge is 0.501 e. The molecule has 0 rings (SSSR count). The van der Waals surface area contributed by atoms with Gasteiger partial charge in [-0.15, -0.1) is 0 Å². The molecule has 0 aliphatic heterocycles. The highest BCUT2D eigenvalue weighted by atomic mass is 16.5. The molecule has 46 valence electrons. The van der Waals surface area contributed by atoms with Crippen LogP contribution in [0, 0.1) is 0 Å². The van der Waals surface area contributed by atoms with E-state index in [4.69, 9.17) is 4.74 Å². The SMILES string of the molecule is C/C=C\C=C(/C)OC. The van der Waals surface area contributed by atoms with Crippen LogP contribution >= 0.6 is 0 Å². The number of hydrogen-bond donors (Lipinski definition) is 0. The summed E-state index contributed by atoms with van der Waals surface area (Å²) in [6.07, 6.45) is 5.82. The van der Waals surface area contributed by atoms with Crippen LogP contribution in [0.2, 0.25) is 0 Å². The molecule has 0 saturated heterocycles. The Morgan fingerprint density at radius 1 is 1.50 bits per heavy atom. The van der Waals surface area contributed by atoms with E-state index in [9.17, 15) is 0 Å². The first-order chi connectivity index (χ1) is 3.81. The molecule has 0 radical (unpaired) electrons. The minimum absolute atomic E-state index is 0.933. The van der Waals surface area contributed by atoms with Crippen molar-refractivity contribution in [3.8, 4) is 0 Å². The average molecular weight is 112 g/mol. The lowest BCUT2D eigenvalue weighted by Gasteiger charge is -1.92. The molecule has 0 N–H and O–H groups in total. The molecule has 0 bridgehead atoms. The van der Waals surface area contributed by atoms with E-state index in [1.165, 1.54) is 0 Å². The second kappa shape index (κ2) is 4.44. The zero-order chi connectivity index (χ0) is 6.41. The van der Waals surface area contributed by atoms with Gasteiger partial charge in [0.15, 0.2) is 0 Å². The van der Waals surface area contributed by atoms with Crippen molar-refractivity contribution in [1.29, 1.82) is 0 Å². The van der Waals surface area contributed by atoms with Crippen molar-refractivity contribution in [2.24, 2.45) is 0 Å². The Bertz CT molecular complexity index is 101. The normalized spacial score (nSPS) is 12.6. The topological polar surface area (TPSA) is 9.23 Å². The van der Waals surface area contributed by atoms with Gasteiger partial charge in [-0.05, 0) is 19.9 Å². The van der Waals surface area contributed by atoms with E-state index in [0.29, 0.717) is 0 Å². The maximum absolute atomic E-state index is 4.86. The maximum Gasteiger partial charge on any atom is 0.0924 e. The summed E-state index contributed by atoms with van der Waals surface area (Å²) in [5.41, 5.74) is 0. The molecule has 0 aliphatic carbocycles. The fourth-order valence-electron chi connectivity index (χ4n) is 0.300. The fraction of sp³-hybridized carbons (Fsp3) is 0.429. The van der Waals surface area contributed by atoms with Gasteiger partial charge in [-0.1, -0.05) is 12.2 Å². The summed E-state index contributed by atoms with van der Waals surface area (Å²) in [6.45, 7) is 3.89. The molecule has 0 atom stereocenters. The first-order valence-electron chi connectivity index (χ1n) is 2.65. The zero-order valence-electron chi connectivity index (χ0n) is 5.64. The molecule has 8 heavy (non-hydrogen) atoms. The number of ether oxygens (including phenoxy) is 1. The lowest BCUT2D eigenvalue weighted by molar-refractivity contribution is 0.294. The summed E-state index contributed by atoms with van der Waals surface area (Å²) in [5, 5.41) is 0. The molecule has 1 nitrogen and oxygen atoms in total. The van der Waals surface area contributed by atoms with Gasteiger partial charge in [0.05, 0.1) is 12.9 Å². The van der Waals surface area contributed by atoms with Crippen LogP contribution in [0.4, 0.5) is 0 Å². The Morgan fingerprint density at radius 2 is 2.12 bits per heavy atom. The molecule has 0 unspecified atom stereocenters. The molecule has 0 aromatic rings. The Morgan fingerprint density at radius 3 is 2.50 bits per heavy atom. The van der Waals surface area contributed by atoms with Crippen molar-refractivity contribution in [1.82, 2.24) is 0 Å². The molecule has 0 heterocycles. The predicted molar refractivity (Wildman–Crippen MR) is 35.6 cm³/mol. The van der Waals surface area contributed by atoms with Crippen LogP contribution in [0.25, 0.3) is 0 Å². The summed E-state index contributed by atoms with van der Waals surface area (Å²) in [6, 6.07) is 0. The van der Waals surface area contributed by atoms with E-state index in [1.54, 1.807) is 7.11 Å². The molecule has 0 spiro atoms. The predicted octanol–water partition coefficient (Wildman–Crippen LogP) is 2.11. The Balaban J connectivity index is 3.57. The average Bonchev–Trinajstić information content (AvgIpc) is 1.83. The van der Waals surface area contributed by atoms with Crippen molar-refractivity contribution in [2.45, 2.75) is 13.8 Å². The van der Waals surface area contributed by atoms with E-state index < -0.39 is 0 Å². The first-order valence-corrected chi connectivity index (χ1v) is 2.65. The number of methoxy groups -OCH3 is 1. The third-order valence-electron chi connectivity index (χ3n) is 0.845. The van der Waals surface area contributed by atoms with Crippen LogP contribution in [-0.4, -0.2) is 7.11 Å². The Kier molecular flexibility index (Phi) is 4.04. The maximum atomic E-state index is 4.86. The van der Waals surface area contributed by atoms with Crippen LogP contribution in [0.3, 0.4) is 0 Å². The second-order valence-electron chi connectivity index (χ2n) is 1.51. The minimum atomic E-state index is 0.933. The van der Waals surface area contributed by atoms with Crippen molar-refractivity contribution < 1.29 is 4.74 Å². The second-order valence-corrected chi connectivity index (χ2v) is 1.51. The van der Waals surface area contributed by atoms with Crippen molar-refractivity contribution in [2.75, 3.05) is 7.11 Å². The van der Waals surface area contributed by atoms with Gasteiger partial charge < -0.3 is 4.74 Å². The fourth-order valence-corrected chi connectivity index (χ4v) is 0.300. The lowest BCUT2D eigenvalue weighted by atomic mass is 10.4. The van der Waals surface area contributed by atoms with Crippen molar-refractivity contribution >= 4 is 0 Å². The number of rotatable bonds is 2. The standard InChI is InChI=1S/C7H12O/c1-4-5-6-7(2)8-3/h4-6H,1-3H3/b5-4-,7-6+. The van der Waals surface area contributed by atoms with Gasteiger partial charge in [0.25, 0.3) is 0 Å². The van der Waals surface area contributed by atoms with Crippen LogP contribution in [-0.2, 0) is 4.74 Å². The summed E-state index contributed by atoms with van der Waals surface area (Å²) in [5.74, 6) is 0.933. The number of hydrogen-bond acceptors (Lipinski definition) is 1. The van der Waals surface area contributed by atoms with Gasteiger partial charge in [-0.25, -0.2) is 0 Å². The van der Waals surface area contributed by atoms with Gasteiger partial charge in [-0.2, -0.15) is 0 Å². The van der Waals surface area contributed by atoms with Gasteiger partial charge in [0.1, 0.15) is 0 Å². The summed E-state index contributed by atoms with van der Waals surface area (Å²) in [7, 11) is 1.66. The molecule has 1 heteroatoms. The smallest absolute Gasteiger partial charge is 0.0924 e. The van der Waals surface area contributed by atoms with Crippen LogP contribution in [0.5, 0.6) is 0 Å². The van der Waals surface area contributed by atoms with E-state index in [1.807, 2.05) is 32.1 Å². The van der Waals surface area contributed by atoms with Crippen LogP contribution < -0.4 is 0 Å². The van der Waals surface area contributed by atoms with Crippen LogP contribution in [0.15, 0.2) is 24.0 Å². The number of allylic oxidation sites excluding steroid dienone is 4. The summed E-state index contributed by atoms with van der Waals surface area (Å²) >= 11 is 0. The lowest BCUT2D eigenvalue weighted by Crippen LogP contribution is -1.74. The van der Waals surface area contributed by atoms with Gasteiger partial charge in [0.2, 0.25) is 0 Å². The highest BCUT2D eigenvalue weighted by molar-refractivity contribution is 5.04. The van der Waals surface area contributed by atoms with Crippen molar-refractivity contribution in [3.05, 3.63) is 24.0 Å². The van der Waals surface area contributed by atoms with E-state index in [2.05, 4.69) is 0 Å². The van der Waals surface area contributed by atoms with Crippen molar-refractivity contribution in [3.63, 3.8) is 0 Å². The quantitative estimate of drug-likeness (QED) is 0.392. The zero-order valence-corrected chi connectivity index (χ0v) is 5.64. The molecule has 0 saturated carbocycles. The Hall–Kier alpha value is -0.720. The molecule has 0 fully saturated rings. The van der Waals surface area contributed by atoms with Gasteiger partial charge in [-0.3, -0.25) is 0 Å².